The van der Waals surface area contributed by atoms with Gasteiger partial charge in [0.1, 0.15) is 5.75 Å². The summed E-state index contributed by atoms with van der Waals surface area (Å²) in [5.41, 5.74) is 3.01. The molecular weight excluding hydrogens is 426 g/mol. The molecule has 1 amide bonds. The van der Waals surface area contributed by atoms with Crippen molar-refractivity contribution in [3.63, 3.8) is 0 Å². The van der Waals surface area contributed by atoms with Gasteiger partial charge >= 0.3 is 0 Å². The smallest absolute Gasteiger partial charge is 0.274 e. The van der Waals surface area contributed by atoms with Crippen LogP contribution in [0.3, 0.4) is 0 Å². The Morgan fingerprint density at radius 1 is 1.09 bits per heavy atom. The Balaban J connectivity index is 1.29. The fourth-order valence-electron chi connectivity index (χ4n) is 4.06. The van der Waals surface area contributed by atoms with Crippen molar-refractivity contribution in [2.75, 3.05) is 27.3 Å². The minimum Gasteiger partial charge on any atom is -0.496 e. The number of methoxy groups -OCH3 is 2. The van der Waals surface area contributed by atoms with Gasteiger partial charge in [-0.2, -0.15) is 0 Å². The Morgan fingerprint density at radius 3 is 2.69 bits per heavy atom. The van der Waals surface area contributed by atoms with Gasteiger partial charge in [0.15, 0.2) is 11.3 Å². The van der Waals surface area contributed by atoms with E-state index in [2.05, 4.69) is 15.5 Å². The molecular formula is C23H23N5O3S. The highest BCUT2D eigenvalue weighted by Gasteiger charge is 2.28. The van der Waals surface area contributed by atoms with Gasteiger partial charge in [0.05, 0.1) is 31.1 Å². The summed E-state index contributed by atoms with van der Waals surface area (Å²) in [6.45, 7) is 1.34. The van der Waals surface area contributed by atoms with Crippen LogP contribution < -0.4 is 9.47 Å². The number of benzene rings is 1. The number of rotatable bonds is 5. The molecule has 0 saturated carbocycles. The number of carbonyl (C=O) groups is 1. The third-order valence-corrected chi connectivity index (χ3v) is 6.81. The Morgan fingerprint density at radius 2 is 1.91 bits per heavy atom. The zero-order valence-corrected chi connectivity index (χ0v) is 18.7. The molecule has 0 unspecified atom stereocenters. The first-order chi connectivity index (χ1) is 15.7. The van der Waals surface area contributed by atoms with Crippen LogP contribution in [0.1, 0.15) is 34.3 Å². The molecule has 1 aliphatic heterocycles. The summed E-state index contributed by atoms with van der Waals surface area (Å²) in [4.78, 5) is 24.2. The largest absolute Gasteiger partial charge is 0.496 e. The van der Waals surface area contributed by atoms with E-state index in [1.807, 2.05) is 29.2 Å². The maximum Gasteiger partial charge on any atom is 0.274 e. The molecule has 0 atom stereocenters. The predicted octanol–water partition coefficient (Wildman–Crippen LogP) is 3.89. The number of hydrogen-bond acceptors (Lipinski definition) is 7. The molecule has 5 rings (SSSR count). The van der Waals surface area contributed by atoms with E-state index in [0.717, 1.165) is 34.9 Å². The van der Waals surface area contributed by atoms with E-state index in [0.29, 0.717) is 36.2 Å². The summed E-state index contributed by atoms with van der Waals surface area (Å²) in [5, 5.41) is 7.54. The number of imidazole rings is 1. The van der Waals surface area contributed by atoms with Crippen molar-refractivity contribution in [2.24, 2.45) is 0 Å². The van der Waals surface area contributed by atoms with Gasteiger partial charge in [-0.05, 0) is 31.0 Å². The van der Waals surface area contributed by atoms with E-state index in [1.54, 1.807) is 48.4 Å². The summed E-state index contributed by atoms with van der Waals surface area (Å²) in [5.74, 6) is 1.54. The number of likely N-dealkylation sites (tertiary alicyclic amines) is 1. The Labute approximate surface area is 189 Å². The van der Waals surface area contributed by atoms with Crippen molar-refractivity contribution in [2.45, 2.75) is 18.8 Å². The highest BCUT2D eigenvalue weighted by atomic mass is 32.1. The lowest BCUT2D eigenvalue weighted by atomic mass is 9.97. The summed E-state index contributed by atoms with van der Waals surface area (Å²) < 4.78 is 12.2. The second kappa shape index (κ2) is 8.58. The van der Waals surface area contributed by atoms with Crippen molar-refractivity contribution < 1.29 is 14.3 Å². The Kier molecular flexibility index (Phi) is 5.48. The normalized spacial score (nSPS) is 14.6. The highest BCUT2D eigenvalue weighted by Crippen LogP contribution is 2.36. The van der Waals surface area contributed by atoms with E-state index < -0.39 is 0 Å². The standard InChI is InChI=1S/C23H23N5O3S/c1-30-19-6-4-3-5-16(19)17-14-32-22(25-17)15-9-11-27(12-10-15)23(29)18-13-24-20-7-8-21(31-2)26-28(18)20/h3-8,13-15H,9-12H2,1-2H3. The molecule has 164 valence electrons. The number of carbonyl (C=O) groups excluding carboxylic acids is 1. The molecule has 8 nitrogen and oxygen atoms in total. The fraction of sp³-hybridized carbons (Fsp3) is 0.304. The number of nitrogens with zero attached hydrogens (tertiary/aromatic N) is 5. The van der Waals surface area contributed by atoms with Crippen LogP contribution in [-0.2, 0) is 0 Å². The topological polar surface area (TPSA) is 81.8 Å². The lowest BCUT2D eigenvalue weighted by molar-refractivity contribution is 0.0704. The van der Waals surface area contributed by atoms with E-state index in [4.69, 9.17) is 14.5 Å². The van der Waals surface area contributed by atoms with E-state index in [9.17, 15) is 4.79 Å². The van der Waals surface area contributed by atoms with Gasteiger partial charge in [0, 0.05) is 36.0 Å². The van der Waals surface area contributed by atoms with Crippen molar-refractivity contribution in [1.29, 1.82) is 0 Å². The minimum absolute atomic E-state index is 0.0643. The van der Waals surface area contributed by atoms with Crippen LogP contribution in [0.2, 0.25) is 0 Å². The van der Waals surface area contributed by atoms with E-state index in [1.165, 1.54) is 0 Å². The Hall–Kier alpha value is -3.46. The lowest BCUT2D eigenvalue weighted by Gasteiger charge is -2.30. The highest BCUT2D eigenvalue weighted by molar-refractivity contribution is 7.10. The number of thiazole rings is 1. The van der Waals surface area contributed by atoms with Crippen LogP contribution in [0.15, 0.2) is 48.0 Å². The minimum atomic E-state index is -0.0643. The monoisotopic (exact) mass is 449 g/mol. The van der Waals surface area contributed by atoms with Crippen LogP contribution in [0.4, 0.5) is 0 Å². The average molecular weight is 450 g/mol. The van der Waals surface area contributed by atoms with Gasteiger partial charge in [0.2, 0.25) is 5.88 Å². The summed E-state index contributed by atoms with van der Waals surface area (Å²) in [6, 6.07) is 11.4. The van der Waals surface area contributed by atoms with Crippen molar-refractivity contribution in [3.05, 3.63) is 58.7 Å². The van der Waals surface area contributed by atoms with Crippen molar-refractivity contribution in [1.82, 2.24) is 24.5 Å². The average Bonchev–Trinajstić information content (AvgIpc) is 3.51. The van der Waals surface area contributed by atoms with Gasteiger partial charge in [-0.3, -0.25) is 4.79 Å². The number of ether oxygens (including phenoxy) is 2. The van der Waals surface area contributed by atoms with Crippen LogP contribution in [0, 0.1) is 0 Å². The molecule has 1 aliphatic rings. The first-order valence-corrected chi connectivity index (χ1v) is 11.3. The summed E-state index contributed by atoms with van der Waals surface area (Å²) in [6.07, 6.45) is 3.33. The third kappa shape index (κ3) is 3.69. The molecule has 0 bridgehead atoms. The van der Waals surface area contributed by atoms with Gasteiger partial charge in [-0.1, -0.05) is 12.1 Å². The first-order valence-electron chi connectivity index (χ1n) is 10.4. The maximum absolute atomic E-state index is 13.1. The molecule has 1 aromatic carbocycles. The molecule has 32 heavy (non-hydrogen) atoms. The molecule has 9 heteroatoms. The second-order valence-electron chi connectivity index (χ2n) is 7.63. The number of aromatic nitrogens is 4. The number of hydrogen-bond donors (Lipinski definition) is 0. The van der Waals surface area contributed by atoms with Crippen LogP contribution in [0.25, 0.3) is 16.9 Å². The fourth-order valence-corrected chi connectivity index (χ4v) is 5.05. The van der Waals surface area contributed by atoms with Gasteiger partial charge in [-0.15, -0.1) is 16.4 Å². The Bertz CT molecular complexity index is 1260. The first kappa shape index (κ1) is 20.4. The zero-order valence-electron chi connectivity index (χ0n) is 17.9. The van der Waals surface area contributed by atoms with E-state index >= 15 is 0 Å². The zero-order chi connectivity index (χ0) is 22.1. The van der Waals surface area contributed by atoms with Crippen LogP contribution in [-0.4, -0.2) is 57.7 Å². The van der Waals surface area contributed by atoms with Gasteiger partial charge in [-0.25, -0.2) is 14.5 Å². The number of para-hydroxylation sites is 1. The quantitative estimate of drug-likeness (QED) is 0.460. The van der Waals surface area contributed by atoms with E-state index in [-0.39, 0.29) is 5.91 Å². The van der Waals surface area contributed by atoms with Gasteiger partial charge < -0.3 is 14.4 Å². The summed E-state index contributed by atoms with van der Waals surface area (Å²) in [7, 11) is 3.23. The van der Waals surface area contributed by atoms with Crippen LogP contribution in [0.5, 0.6) is 11.6 Å². The second-order valence-corrected chi connectivity index (χ2v) is 8.52. The maximum atomic E-state index is 13.1. The van der Waals surface area contributed by atoms with Gasteiger partial charge in [0.25, 0.3) is 5.91 Å². The molecule has 0 spiro atoms. The van der Waals surface area contributed by atoms with Crippen molar-refractivity contribution >= 4 is 22.9 Å². The molecule has 0 radical (unpaired) electrons. The SMILES string of the molecule is COc1ccc2ncc(C(=O)N3CCC(c4nc(-c5ccccc5OC)cs4)CC3)n2n1. The van der Waals surface area contributed by atoms with Crippen LogP contribution >= 0.6 is 11.3 Å². The molecule has 0 aliphatic carbocycles. The summed E-state index contributed by atoms with van der Waals surface area (Å²) >= 11 is 1.68. The third-order valence-electron chi connectivity index (χ3n) is 5.80. The lowest BCUT2D eigenvalue weighted by Crippen LogP contribution is -2.38. The molecule has 1 fully saturated rings. The predicted molar refractivity (Wildman–Crippen MR) is 122 cm³/mol. The number of piperidine rings is 1. The number of amides is 1. The molecule has 3 aromatic heterocycles. The molecule has 4 heterocycles. The number of fused-ring (bicyclic) bond motifs is 1. The molecule has 0 N–H and O–H groups in total. The molecule has 1 saturated heterocycles. The molecule has 4 aromatic rings. The van der Waals surface area contributed by atoms with Crippen molar-refractivity contribution in [3.8, 4) is 22.9 Å².